The molecule has 0 spiro atoms. The van der Waals surface area contributed by atoms with Gasteiger partial charge < -0.3 is 10.8 Å². The lowest BCUT2D eigenvalue weighted by Gasteiger charge is -2.37. The number of hydrogen-bond donors (Lipinski definition) is 2. The van der Waals surface area contributed by atoms with E-state index in [1.807, 2.05) is 13.8 Å². The molecule has 6 nitrogen and oxygen atoms in total. The van der Waals surface area contributed by atoms with Gasteiger partial charge in [-0.15, -0.1) is 10.2 Å². The van der Waals surface area contributed by atoms with Crippen LogP contribution in [-0.2, 0) is 15.6 Å². The van der Waals surface area contributed by atoms with Crippen LogP contribution in [0.4, 0.5) is 5.95 Å². The largest absolute Gasteiger partial charge is 0.481 e. The van der Waals surface area contributed by atoms with Crippen LogP contribution < -0.4 is 5.73 Å². The molecule has 0 aromatic carbocycles. The van der Waals surface area contributed by atoms with Crippen LogP contribution in [-0.4, -0.2) is 26.3 Å². The van der Waals surface area contributed by atoms with Gasteiger partial charge in [0.15, 0.2) is 0 Å². The predicted octanol–water partition coefficient (Wildman–Crippen LogP) is 0.867. The number of fused-ring (bicyclic) bond motifs is 5. The average molecular weight is 248 g/mol. The quantitative estimate of drug-likeness (QED) is 0.764. The molecular formula is C12H16N4O2. The number of nitrogen functional groups attached to an aromatic ring is 1. The number of nitrogens with zero attached hydrogens (tertiary/aromatic N) is 3. The molecule has 0 unspecified atom stereocenters. The number of aliphatic carboxylic acids is 1. The molecule has 2 atom stereocenters. The van der Waals surface area contributed by atoms with Gasteiger partial charge in [-0.05, 0) is 18.3 Å². The van der Waals surface area contributed by atoms with Crippen molar-refractivity contribution in [2.24, 2.45) is 5.41 Å². The Morgan fingerprint density at radius 1 is 1.22 bits per heavy atom. The van der Waals surface area contributed by atoms with Crippen molar-refractivity contribution in [3.8, 4) is 0 Å². The normalized spacial score (nSPS) is 35.5. The summed E-state index contributed by atoms with van der Waals surface area (Å²) >= 11 is 0. The number of aromatic nitrogens is 3. The summed E-state index contributed by atoms with van der Waals surface area (Å²) in [7, 11) is 0. The molecule has 3 rings (SSSR count). The van der Waals surface area contributed by atoms with Crippen LogP contribution in [0.25, 0.3) is 0 Å². The molecule has 3 N–H and O–H groups in total. The summed E-state index contributed by atoms with van der Waals surface area (Å²) in [6.07, 6.45) is 1.37. The van der Waals surface area contributed by atoms with E-state index in [1.54, 1.807) is 0 Å². The molecule has 18 heavy (non-hydrogen) atoms. The van der Waals surface area contributed by atoms with E-state index in [9.17, 15) is 9.90 Å². The van der Waals surface area contributed by atoms with E-state index in [2.05, 4.69) is 22.1 Å². The van der Waals surface area contributed by atoms with Crippen molar-refractivity contribution in [2.45, 2.75) is 44.4 Å². The zero-order chi connectivity index (χ0) is 13.3. The molecule has 1 saturated carbocycles. The minimum Gasteiger partial charge on any atom is -0.481 e. The van der Waals surface area contributed by atoms with Crippen LogP contribution in [0.3, 0.4) is 0 Å². The molecule has 0 radical (unpaired) electrons. The molecule has 1 aromatic rings. The molecule has 1 fully saturated rings. The Morgan fingerprint density at radius 3 is 2.50 bits per heavy atom. The monoisotopic (exact) mass is 248 g/mol. The summed E-state index contributed by atoms with van der Waals surface area (Å²) in [6, 6.07) is 0. The van der Waals surface area contributed by atoms with Crippen LogP contribution in [0.15, 0.2) is 0 Å². The topological polar surface area (TPSA) is 102 Å². The van der Waals surface area contributed by atoms with E-state index in [0.29, 0.717) is 17.8 Å². The van der Waals surface area contributed by atoms with Crippen LogP contribution in [0.1, 0.15) is 45.0 Å². The van der Waals surface area contributed by atoms with E-state index < -0.39 is 16.8 Å². The smallest absolute Gasteiger partial charge is 0.316 e. The van der Waals surface area contributed by atoms with Gasteiger partial charge in [0.2, 0.25) is 5.95 Å². The highest BCUT2D eigenvalue weighted by Gasteiger charge is 2.73. The number of carboxylic acid groups (broad SMARTS) is 1. The van der Waals surface area contributed by atoms with E-state index >= 15 is 0 Å². The molecule has 1 heterocycles. The molecule has 0 aliphatic heterocycles. The Kier molecular flexibility index (Phi) is 1.78. The number of carbonyl (C=O) groups is 1. The van der Waals surface area contributed by atoms with Crippen molar-refractivity contribution in [3.63, 3.8) is 0 Å². The molecule has 1 aromatic heterocycles. The van der Waals surface area contributed by atoms with Gasteiger partial charge in [-0.3, -0.25) is 4.79 Å². The SMILES string of the molecule is CC1(C)[C@@]2(C)CC[C@@]1(C(=O)O)c1nnc(N)nc12. The second-order valence-corrected chi connectivity index (χ2v) is 6.03. The Balaban J connectivity index is 2.40. The summed E-state index contributed by atoms with van der Waals surface area (Å²) < 4.78 is 0. The van der Waals surface area contributed by atoms with Gasteiger partial charge in [-0.25, -0.2) is 4.98 Å². The summed E-state index contributed by atoms with van der Waals surface area (Å²) in [6.45, 7) is 6.01. The van der Waals surface area contributed by atoms with Gasteiger partial charge in [0, 0.05) is 5.41 Å². The second kappa shape index (κ2) is 2.81. The number of hydrogen-bond acceptors (Lipinski definition) is 5. The minimum atomic E-state index is -0.981. The van der Waals surface area contributed by atoms with Crippen molar-refractivity contribution in [3.05, 3.63) is 11.4 Å². The lowest BCUT2D eigenvalue weighted by atomic mass is 9.64. The Morgan fingerprint density at radius 2 is 1.89 bits per heavy atom. The average Bonchev–Trinajstić information content (AvgIpc) is 2.57. The molecular weight excluding hydrogens is 232 g/mol. The number of anilines is 1. The maximum absolute atomic E-state index is 11.9. The maximum atomic E-state index is 11.9. The molecule has 2 aliphatic rings. The second-order valence-electron chi connectivity index (χ2n) is 6.03. The molecule has 6 heteroatoms. The van der Waals surface area contributed by atoms with Gasteiger partial charge in [-0.2, -0.15) is 0 Å². The molecule has 2 bridgehead atoms. The third kappa shape index (κ3) is 0.855. The Bertz CT molecular complexity index is 571. The third-order valence-electron chi connectivity index (χ3n) is 5.44. The zero-order valence-corrected chi connectivity index (χ0v) is 10.7. The maximum Gasteiger partial charge on any atom is 0.316 e. The van der Waals surface area contributed by atoms with Crippen LogP contribution in [0, 0.1) is 5.41 Å². The van der Waals surface area contributed by atoms with Crippen LogP contribution in [0.5, 0.6) is 0 Å². The van der Waals surface area contributed by atoms with Crippen molar-refractivity contribution in [1.29, 1.82) is 0 Å². The highest BCUT2D eigenvalue weighted by Crippen LogP contribution is 2.69. The lowest BCUT2D eigenvalue weighted by Crippen LogP contribution is -2.45. The van der Waals surface area contributed by atoms with Gasteiger partial charge in [0.05, 0.1) is 5.69 Å². The standard InChI is InChI=1S/C12H16N4O2/c1-10(2)11(3)4-5-12(10,8(17)18)7-6(11)14-9(13)16-15-7/h4-5H2,1-3H3,(H,17,18)(H2,13,14,16)/t11-,12-/m0/s1. The highest BCUT2D eigenvalue weighted by atomic mass is 16.4. The number of nitrogens with two attached hydrogens (primary N) is 1. The van der Waals surface area contributed by atoms with Gasteiger partial charge in [-0.1, -0.05) is 20.8 Å². The molecule has 96 valence electrons. The Hall–Kier alpha value is -1.72. The first-order chi connectivity index (χ1) is 8.27. The first-order valence-corrected chi connectivity index (χ1v) is 6.02. The molecule has 2 aliphatic carbocycles. The number of rotatable bonds is 1. The van der Waals surface area contributed by atoms with E-state index in [0.717, 1.165) is 6.42 Å². The molecule has 0 amide bonds. The van der Waals surface area contributed by atoms with Crippen LogP contribution in [0.2, 0.25) is 0 Å². The lowest BCUT2D eigenvalue weighted by molar-refractivity contribution is -0.148. The van der Waals surface area contributed by atoms with Crippen LogP contribution >= 0.6 is 0 Å². The fourth-order valence-electron chi connectivity index (χ4n) is 3.85. The summed E-state index contributed by atoms with van der Waals surface area (Å²) in [5.74, 6) is -0.727. The highest BCUT2D eigenvalue weighted by molar-refractivity contribution is 5.86. The fourth-order valence-corrected chi connectivity index (χ4v) is 3.85. The summed E-state index contributed by atoms with van der Waals surface area (Å²) in [4.78, 5) is 16.1. The van der Waals surface area contributed by atoms with Gasteiger partial charge in [0.25, 0.3) is 0 Å². The van der Waals surface area contributed by atoms with Crippen molar-refractivity contribution >= 4 is 11.9 Å². The third-order valence-corrected chi connectivity index (χ3v) is 5.44. The zero-order valence-electron chi connectivity index (χ0n) is 10.7. The van der Waals surface area contributed by atoms with Crippen molar-refractivity contribution < 1.29 is 9.90 Å². The first-order valence-electron chi connectivity index (χ1n) is 6.02. The number of carboxylic acids is 1. The fraction of sp³-hybridized carbons (Fsp3) is 0.667. The van der Waals surface area contributed by atoms with Crippen molar-refractivity contribution in [1.82, 2.24) is 15.2 Å². The van der Waals surface area contributed by atoms with Gasteiger partial charge >= 0.3 is 5.97 Å². The minimum absolute atomic E-state index is 0.110. The van der Waals surface area contributed by atoms with Gasteiger partial charge in [0.1, 0.15) is 11.1 Å². The van der Waals surface area contributed by atoms with E-state index in [4.69, 9.17) is 5.73 Å². The first kappa shape index (κ1) is 11.4. The Labute approximate surface area is 105 Å². The van der Waals surface area contributed by atoms with Crippen molar-refractivity contribution in [2.75, 3.05) is 5.73 Å². The van der Waals surface area contributed by atoms with E-state index in [-0.39, 0.29) is 11.4 Å². The summed E-state index contributed by atoms with van der Waals surface area (Å²) in [5.41, 5.74) is 5.09. The molecule has 0 saturated heterocycles. The van der Waals surface area contributed by atoms with E-state index in [1.165, 1.54) is 0 Å². The predicted molar refractivity (Wildman–Crippen MR) is 63.9 cm³/mol. The summed E-state index contributed by atoms with van der Waals surface area (Å²) in [5, 5.41) is 17.5.